The van der Waals surface area contributed by atoms with Crippen LogP contribution in [0.4, 0.5) is 0 Å². The number of hydrogen-bond donors (Lipinski definition) is 0. The molecule has 1 atom stereocenters. The first-order valence-corrected chi connectivity index (χ1v) is 9.88. The molecule has 0 spiro atoms. The van der Waals surface area contributed by atoms with Gasteiger partial charge in [-0.15, -0.1) is 11.3 Å². The molecule has 1 aromatic heterocycles. The summed E-state index contributed by atoms with van der Waals surface area (Å²) < 4.78 is 11.6. The zero-order chi connectivity index (χ0) is 17.0. The summed E-state index contributed by atoms with van der Waals surface area (Å²) in [6.45, 7) is 5.53. The lowest BCUT2D eigenvalue weighted by atomic mass is 9.86. The van der Waals surface area contributed by atoms with Gasteiger partial charge >= 0.3 is 0 Å². The van der Waals surface area contributed by atoms with E-state index in [-0.39, 0.29) is 12.0 Å². The molecule has 24 heavy (non-hydrogen) atoms. The zero-order valence-electron chi connectivity index (χ0n) is 14.7. The van der Waals surface area contributed by atoms with Gasteiger partial charge in [0.25, 0.3) is 0 Å². The average molecular weight is 353 g/mol. The number of nitrogens with zero attached hydrogens (tertiary/aromatic N) is 2. The first-order chi connectivity index (χ1) is 11.5. The van der Waals surface area contributed by atoms with Crippen molar-refractivity contribution in [1.29, 1.82) is 0 Å². The highest BCUT2D eigenvalue weighted by atomic mass is 32.1. The van der Waals surface area contributed by atoms with Gasteiger partial charge in [0.05, 0.1) is 13.2 Å². The molecule has 0 unspecified atom stereocenters. The minimum Gasteiger partial charge on any atom is -0.348 e. The van der Waals surface area contributed by atoms with Gasteiger partial charge < -0.3 is 14.4 Å². The number of hydrogen-bond acceptors (Lipinski definition) is 5. The molecule has 1 aromatic rings. The van der Waals surface area contributed by atoms with E-state index in [4.69, 9.17) is 9.47 Å². The predicted molar refractivity (Wildman–Crippen MR) is 93.6 cm³/mol. The Hall–Kier alpha value is -0.980. The Morgan fingerprint density at radius 3 is 2.79 bits per heavy atom. The van der Waals surface area contributed by atoms with Crippen molar-refractivity contribution in [3.05, 3.63) is 16.6 Å². The van der Waals surface area contributed by atoms with Crippen molar-refractivity contribution in [2.24, 2.45) is 5.92 Å². The maximum Gasteiger partial charge on any atom is 0.223 e. The van der Waals surface area contributed by atoms with Gasteiger partial charge in [0.2, 0.25) is 5.91 Å². The number of aromatic nitrogens is 1. The van der Waals surface area contributed by atoms with Crippen molar-refractivity contribution in [2.45, 2.75) is 70.8 Å². The monoisotopic (exact) mass is 352 g/mol. The summed E-state index contributed by atoms with van der Waals surface area (Å²) in [6, 6.07) is 0. The Bertz CT molecular complexity index is 526. The molecular weight excluding hydrogens is 324 g/mol. The van der Waals surface area contributed by atoms with Crippen molar-refractivity contribution in [2.75, 3.05) is 13.2 Å². The Balaban J connectivity index is 1.61. The molecule has 1 saturated heterocycles. The molecule has 6 heteroatoms. The van der Waals surface area contributed by atoms with E-state index < -0.39 is 5.79 Å². The minimum absolute atomic E-state index is 0.0599. The van der Waals surface area contributed by atoms with Crippen LogP contribution in [0.25, 0.3) is 0 Å². The standard InChI is InChI=1S/C18H28N2O3S/c1-18(2)22-13-15(23-18)11-20(12-16-19-8-9-24-16)17(21)10-14-6-4-3-5-7-14/h8-9,14-15H,3-7,10-13H2,1-2H3/t15-/m1/s1. The number of rotatable bonds is 6. The van der Waals surface area contributed by atoms with Crippen LogP contribution in [-0.4, -0.2) is 40.8 Å². The SMILES string of the molecule is CC1(C)OC[C@@H](CN(Cc2nccs2)C(=O)CC2CCCCC2)O1. The molecule has 0 aromatic carbocycles. The third-order valence-corrected chi connectivity index (χ3v) is 5.61. The van der Waals surface area contributed by atoms with Crippen molar-refractivity contribution < 1.29 is 14.3 Å². The molecule has 134 valence electrons. The Morgan fingerprint density at radius 1 is 1.38 bits per heavy atom. The fourth-order valence-electron chi connectivity index (χ4n) is 3.62. The number of carbonyl (C=O) groups is 1. The van der Waals surface area contributed by atoms with E-state index in [2.05, 4.69) is 4.98 Å². The van der Waals surface area contributed by atoms with Gasteiger partial charge in [-0.2, -0.15) is 0 Å². The number of thiazole rings is 1. The Kier molecular flexibility index (Phi) is 5.89. The van der Waals surface area contributed by atoms with Gasteiger partial charge in [-0.3, -0.25) is 4.79 Å². The molecule has 2 fully saturated rings. The summed E-state index contributed by atoms with van der Waals surface area (Å²) in [7, 11) is 0. The van der Waals surface area contributed by atoms with Gasteiger partial charge in [-0.05, 0) is 32.6 Å². The van der Waals surface area contributed by atoms with Gasteiger partial charge in [-0.1, -0.05) is 19.3 Å². The highest BCUT2D eigenvalue weighted by Gasteiger charge is 2.35. The maximum absolute atomic E-state index is 12.9. The van der Waals surface area contributed by atoms with Crippen LogP contribution >= 0.6 is 11.3 Å². The van der Waals surface area contributed by atoms with E-state index in [0.29, 0.717) is 32.0 Å². The molecule has 0 bridgehead atoms. The van der Waals surface area contributed by atoms with Gasteiger partial charge in [0, 0.05) is 24.5 Å². The molecule has 1 saturated carbocycles. The van der Waals surface area contributed by atoms with Crippen LogP contribution in [0, 0.1) is 5.92 Å². The van der Waals surface area contributed by atoms with Crippen molar-refractivity contribution in [3.8, 4) is 0 Å². The highest BCUT2D eigenvalue weighted by Crippen LogP contribution is 2.28. The molecule has 3 rings (SSSR count). The second-order valence-corrected chi connectivity index (χ2v) is 8.34. The van der Waals surface area contributed by atoms with Gasteiger partial charge in [0.1, 0.15) is 11.1 Å². The molecule has 5 nitrogen and oxygen atoms in total. The Morgan fingerprint density at radius 2 is 2.17 bits per heavy atom. The summed E-state index contributed by atoms with van der Waals surface area (Å²) in [6.07, 6.45) is 8.60. The molecule has 1 aliphatic heterocycles. The van der Waals surface area contributed by atoms with Crippen LogP contribution in [0.3, 0.4) is 0 Å². The lowest BCUT2D eigenvalue weighted by Crippen LogP contribution is -2.39. The normalized spacial score (nSPS) is 24.2. The summed E-state index contributed by atoms with van der Waals surface area (Å²) in [4.78, 5) is 19.2. The topological polar surface area (TPSA) is 51.7 Å². The minimum atomic E-state index is -0.552. The lowest BCUT2D eigenvalue weighted by Gasteiger charge is -2.28. The van der Waals surface area contributed by atoms with E-state index >= 15 is 0 Å². The number of carbonyl (C=O) groups excluding carboxylic acids is 1. The molecule has 0 N–H and O–H groups in total. The zero-order valence-corrected chi connectivity index (χ0v) is 15.5. The second kappa shape index (κ2) is 7.93. The van der Waals surface area contributed by atoms with Crippen LogP contribution in [0.1, 0.15) is 57.4 Å². The lowest BCUT2D eigenvalue weighted by molar-refractivity contribution is -0.147. The molecule has 2 aliphatic rings. The summed E-state index contributed by atoms with van der Waals surface area (Å²) in [5.74, 6) is 0.219. The second-order valence-electron chi connectivity index (χ2n) is 7.36. The fourth-order valence-corrected chi connectivity index (χ4v) is 4.25. The third kappa shape index (κ3) is 5.01. The average Bonchev–Trinajstić information content (AvgIpc) is 3.17. The molecule has 0 radical (unpaired) electrons. The van der Waals surface area contributed by atoms with Gasteiger partial charge in [-0.25, -0.2) is 4.98 Å². The van der Waals surface area contributed by atoms with Crippen molar-refractivity contribution in [3.63, 3.8) is 0 Å². The van der Waals surface area contributed by atoms with Crippen LogP contribution in [0.5, 0.6) is 0 Å². The van der Waals surface area contributed by atoms with E-state index in [0.717, 1.165) is 5.01 Å². The van der Waals surface area contributed by atoms with Crippen molar-refractivity contribution >= 4 is 17.2 Å². The highest BCUT2D eigenvalue weighted by molar-refractivity contribution is 7.09. The maximum atomic E-state index is 12.9. The predicted octanol–water partition coefficient (Wildman–Crippen LogP) is 3.59. The van der Waals surface area contributed by atoms with E-state index in [1.54, 1.807) is 17.5 Å². The van der Waals surface area contributed by atoms with Gasteiger partial charge in [0.15, 0.2) is 5.79 Å². The molecule has 2 heterocycles. The number of amides is 1. The summed E-state index contributed by atoms with van der Waals surface area (Å²) in [5.41, 5.74) is 0. The first kappa shape index (κ1) is 17.8. The van der Waals surface area contributed by atoms with Crippen LogP contribution < -0.4 is 0 Å². The Labute approximate surface area is 148 Å². The molecule has 1 aliphatic carbocycles. The van der Waals surface area contributed by atoms with Crippen LogP contribution in [-0.2, 0) is 20.8 Å². The smallest absolute Gasteiger partial charge is 0.223 e. The summed E-state index contributed by atoms with van der Waals surface area (Å²) in [5, 5.41) is 2.93. The van der Waals surface area contributed by atoms with Crippen molar-refractivity contribution in [1.82, 2.24) is 9.88 Å². The first-order valence-electron chi connectivity index (χ1n) is 9.00. The molecule has 1 amide bonds. The molecular formula is C18H28N2O3S. The fraction of sp³-hybridized carbons (Fsp3) is 0.778. The van der Waals surface area contributed by atoms with E-state index in [9.17, 15) is 4.79 Å². The van der Waals surface area contributed by atoms with Crippen LogP contribution in [0.2, 0.25) is 0 Å². The van der Waals surface area contributed by atoms with Crippen LogP contribution in [0.15, 0.2) is 11.6 Å². The summed E-state index contributed by atoms with van der Waals surface area (Å²) >= 11 is 1.60. The van der Waals surface area contributed by atoms with E-state index in [1.807, 2.05) is 24.1 Å². The largest absolute Gasteiger partial charge is 0.348 e. The quantitative estimate of drug-likeness (QED) is 0.785. The number of ether oxygens (including phenoxy) is 2. The van der Waals surface area contributed by atoms with E-state index in [1.165, 1.54) is 32.1 Å². The third-order valence-electron chi connectivity index (χ3n) is 4.84.